The third-order valence-electron chi connectivity index (χ3n) is 6.41. The summed E-state index contributed by atoms with van der Waals surface area (Å²) < 4.78 is 39.5. The van der Waals surface area contributed by atoms with Gasteiger partial charge in [0, 0.05) is 32.7 Å². The Hall–Kier alpha value is -3.83. The van der Waals surface area contributed by atoms with Crippen LogP contribution in [0, 0.1) is 11.6 Å². The van der Waals surface area contributed by atoms with Gasteiger partial charge in [0.1, 0.15) is 5.56 Å². The molecule has 3 N–H and O–H groups in total. The molecular formula is C26H29F2N5O4. The van der Waals surface area contributed by atoms with E-state index in [1.165, 1.54) is 16.9 Å². The highest BCUT2D eigenvalue weighted by atomic mass is 19.2. The van der Waals surface area contributed by atoms with Crippen LogP contribution in [0.3, 0.4) is 0 Å². The van der Waals surface area contributed by atoms with Gasteiger partial charge in [0.05, 0.1) is 24.0 Å². The average molecular weight is 514 g/mol. The van der Waals surface area contributed by atoms with E-state index in [1.54, 1.807) is 38.3 Å². The third-order valence-corrected chi connectivity index (χ3v) is 6.41. The normalized spacial score (nSPS) is 19.0. The Morgan fingerprint density at radius 2 is 1.97 bits per heavy atom. The van der Waals surface area contributed by atoms with Crippen molar-refractivity contribution in [2.75, 3.05) is 38.7 Å². The van der Waals surface area contributed by atoms with Gasteiger partial charge in [-0.15, -0.1) is 0 Å². The van der Waals surface area contributed by atoms with E-state index in [1.807, 2.05) is 6.07 Å². The number of urea groups is 1. The largest absolute Gasteiger partial charge is 0.462 e. The second-order valence-corrected chi connectivity index (χ2v) is 8.71. The topological polar surface area (TPSA) is 107 Å². The van der Waals surface area contributed by atoms with Crippen LogP contribution in [0.4, 0.5) is 19.4 Å². The first-order valence-corrected chi connectivity index (χ1v) is 11.9. The monoisotopic (exact) mass is 513 g/mol. The molecule has 1 aliphatic rings. The average Bonchev–Trinajstić information content (AvgIpc) is 3.49. The lowest BCUT2D eigenvalue weighted by molar-refractivity contribution is 0.0527. The van der Waals surface area contributed by atoms with Crippen LogP contribution in [0.25, 0.3) is 5.69 Å². The minimum atomic E-state index is -0.958. The molecule has 2 aromatic carbocycles. The second-order valence-electron chi connectivity index (χ2n) is 8.71. The summed E-state index contributed by atoms with van der Waals surface area (Å²) in [6, 6.07) is 12.2. The number of halogens is 2. The number of rotatable bonds is 9. The number of anilines is 1. The number of benzene rings is 2. The number of amides is 2. The van der Waals surface area contributed by atoms with Crippen LogP contribution >= 0.6 is 0 Å². The number of para-hydroxylation sites is 1. The lowest BCUT2D eigenvalue weighted by atomic mass is 9.79. The number of nitrogens with zero attached hydrogens (tertiary/aromatic N) is 2. The maximum absolute atomic E-state index is 14.1. The van der Waals surface area contributed by atoms with Gasteiger partial charge >= 0.3 is 12.0 Å². The summed E-state index contributed by atoms with van der Waals surface area (Å²) in [7, 11) is 1.55. The molecule has 0 aliphatic carbocycles. The predicted octanol–water partition coefficient (Wildman–Crippen LogP) is 3.61. The highest BCUT2D eigenvalue weighted by molar-refractivity contribution is 6.00. The minimum Gasteiger partial charge on any atom is -0.462 e. The van der Waals surface area contributed by atoms with E-state index < -0.39 is 29.2 Å². The van der Waals surface area contributed by atoms with Crippen molar-refractivity contribution < 1.29 is 27.8 Å². The van der Waals surface area contributed by atoms with Gasteiger partial charge in [0.15, 0.2) is 17.5 Å². The minimum absolute atomic E-state index is 0.0912. The van der Waals surface area contributed by atoms with Gasteiger partial charge in [-0.05, 0) is 43.2 Å². The Morgan fingerprint density at radius 1 is 1.19 bits per heavy atom. The second kappa shape index (κ2) is 11.5. The number of nitrogens with one attached hydrogen (secondary N) is 3. The first kappa shape index (κ1) is 26.2. The third kappa shape index (κ3) is 5.62. The molecule has 4 rings (SSSR count). The van der Waals surface area contributed by atoms with E-state index in [0.717, 1.165) is 12.1 Å². The molecule has 196 valence electrons. The van der Waals surface area contributed by atoms with Gasteiger partial charge in [-0.3, -0.25) is 5.32 Å². The van der Waals surface area contributed by atoms with Gasteiger partial charge in [0.25, 0.3) is 0 Å². The van der Waals surface area contributed by atoms with Crippen LogP contribution in [0.2, 0.25) is 0 Å². The van der Waals surface area contributed by atoms with E-state index in [9.17, 15) is 18.4 Å². The molecule has 0 spiro atoms. The van der Waals surface area contributed by atoms with E-state index in [2.05, 4.69) is 21.0 Å². The van der Waals surface area contributed by atoms with Gasteiger partial charge in [-0.25, -0.2) is 23.1 Å². The lowest BCUT2D eigenvalue weighted by Gasteiger charge is -2.36. The lowest BCUT2D eigenvalue weighted by Crippen LogP contribution is -2.55. The SMILES string of the molecule is CCOC(=O)c1cnn(-c2ccccc2)c1NC(=O)N[C@]1(CCOC)CNC[C@H]1c1ccc(F)c(F)c1. The summed E-state index contributed by atoms with van der Waals surface area (Å²) in [6.45, 7) is 2.96. The molecular weight excluding hydrogens is 484 g/mol. The number of hydrogen-bond donors (Lipinski definition) is 3. The van der Waals surface area contributed by atoms with Crippen molar-refractivity contribution in [2.24, 2.45) is 0 Å². The zero-order valence-electron chi connectivity index (χ0n) is 20.6. The molecule has 37 heavy (non-hydrogen) atoms. The van der Waals surface area contributed by atoms with Crippen molar-refractivity contribution in [2.45, 2.75) is 24.8 Å². The molecule has 1 aliphatic heterocycles. The first-order chi connectivity index (χ1) is 17.9. The van der Waals surface area contributed by atoms with Crippen LogP contribution in [0.1, 0.15) is 35.2 Å². The molecule has 1 saturated heterocycles. The number of ether oxygens (including phenoxy) is 2. The zero-order valence-corrected chi connectivity index (χ0v) is 20.6. The molecule has 1 fully saturated rings. The first-order valence-electron chi connectivity index (χ1n) is 11.9. The summed E-state index contributed by atoms with van der Waals surface area (Å²) in [5, 5.41) is 13.3. The number of methoxy groups -OCH3 is 1. The van der Waals surface area contributed by atoms with Crippen molar-refractivity contribution in [1.29, 1.82) is 0 Å². The van der Waals surface area contributed by atoms with E-state index >= 15 is 0 Å². The summed E-state index contributed by atoms with van der Waals surface area (Å²) in [5.74, 6) is -2.76. The predicted molar refractivity (Wildman–Crippen MR) is 133 cm³/mol. The molecule has 3 aromatic rings. The van der Waals surface area contributed by atoms with Crippen molar-refractivity contribution in [3.8, 4) is 5.69 Å². The van der Waals surface area contributed by atoms with Crippen LogP contribution < -0.4 is 16.0 Å². The molecule has 11 heteroatoms. The van der Waals surface area contributed by atoms with Crippen molar-refractivity contribution in [3.63, 3.8) is 0 Å². The number of aromatic nitrogens is 2. The smallest absolute Gasteiger partial charge is 0.343 e. The molecule has 0 bridgehead atoms. The van der Waals surface area contributed by atoms with E-state index in [-0.39, 0.29) is 23.9 Å². The quantitative estimate of drug-likeness (QED) is 0.378. The number of esters is 1. The number of carbonyl (C=O) groups excluding carboxylic acids is 2. The maximum Gasteiger partial charge on any atom is 0.343 e. The van der Waals surface area contributed by atoms with E-state index in [0.29, 0.717) is 37.4 Å². The van der Waals surface area contributed by atoms with Crippen molar-refractivity contribution in [1.82, 2.24) is 20.4 Å². The molecule has 9 nitrogen and oxygen atoms in total. The fourth-order valence-electron chi connectivity index (χ4n) is 4.62. The molecule has 0 radical (unpaired) electrons. The van der Waals surface area contributed by atoms with Gasteiger partial charge < -0.3 is 20.1 Å². The molecule has 2 atom stereocenters. The molecule has 0 unspecified atom stereocenters. The summed E-state index contributed by atoms with van der Waals surface area (Å²) in [6.07, 6.45) is 1.73. The molecule has 1 aromatic heterocycles. The van der Waals surface area contributed by atoms with Crippen LogP contribution in [-0.4, -0.2) is 60.7 Å². The standard InChI is InChI=1S/C26H29F2N5O4/c1-3-37-24(34)19-14-30-33(18-7-5-4-6-8-18)23(19)31-25(35)32-26(11-12-36-2)16-29-15-20(26)17-9-10-21(27)22(28)13-17/h4-10,13-14,20,29H,3,11-12,15-16H2,1-2H3,(H2,31,32,35)/t20-,26+/m0/s1. The Kier molecular flexibility index (Phi) is 8.14. The Labute approximate surface area is 213 Å². The Balaban J connectivity index is 1.65. The van der Waals surface area contributed by atoms with E-state index in [4.69, 9.17) is 9.47 Å². The van der Waals surface area contributed by atoms with Crippen molar-refractivity contribution in [3.05, 3.63) is 77.5 Å². The fourth-order valence-corrected chi connectivity index (χ4v) is 4.62. The molecule has 0 saturated carbocycles. The van der Waals surface area contributed by atoms with Crippen LogP contribution in [0.15, 0.2) is 54.7 Å². The van der Waals surface area contributed by atoms with Crippen molar-refractivity contribution >= 4 is 17.8 Å². The highest BCUT2D eigenvalue weighted by Crippen LogP contribution is 2.35. The zero-order chi connectivity index (χ0) is 26.4. The number of hydrogen-bond acceptors (Lipinski definition) is 6. The Morgan fingerprint density at radius 3 is 2.68 bits per heavy atom. The van der Waals surface area contributed by atoms with Crippen LogP contribution in [0.5, 0.6) is 0 Å². The summed E-state index contributed by atoms with van der Waals surface area (Å²) in [4.78, 5) is 26.0. The Bertz CT molecular complexity index is 1250. The van der Waals surface area contributed by atoms with Crippen LogP contribution in [-0.2, 0) is 9.47 Å². The molecule has 2 heterocycles. The van der Waals surface area contributed by atoms with Gasteiger partial charge in [-0.1, -0.05) is 24.3 Å². The fraction of sp³-hybridized carbons (Fsp3) is 0.346. The summed E-state index contributed by atoms with van der Waals surface area (Å²) >= 11 is 0. The summed E-state index contributed by atoms with van der Waals surface area (Å²) in [5.41, 5.74) is 0.381. The maximum atomic E-state index is 14.1. The molecule has 2 amide bonds. The number of carbonyl (C=O) groups is 2. The highest BCUT2D eigenvalue weighted by Gasteiger charge is 2.45. The van der Waals surface area contributed by atoms with Gasteiger partial charge in [-0.2, -0.15) is 5.10 Å². The van der Waals surface area contributed by atoms with Gasteiger partial charge in [0.2, 0.25) is 0 Å².